The number of likely N-dealkylation sites (tertiary alicyclic amines) is 1. The Morgan fingerprint density at radius 1 is 1.43 bits per heavy atom. The molecule has 2 aliphatic heterocycles. The highest BCUT2D eigenvalue weighted by Gasteiger charge is 2.24. The van der Waals surface area contributed by atoms with E-state index < -0.39 is 0 Å². The number of halogens is 1. The molecule has 2 aromatic rings. The molecule has 2 unspecified atom stereocenters. The number of carbonyl (C=O) groups excluding carboxylic acids is 2. The second kappa shape index (κ2) is 8.88. The van der Waals surface area contributed by atoms with Crippen LogP contribution in [0, 0.1) is 0 Å². The van der Waals surface area contributed by atoms with Gasteiger partial charge in [-0.2, -0.15) is 5.10 Å². The fourth-order valence-corrected chi connectivity index (χ4v) is 4.95. The predicted octanol–water partition coefficient (Wildman–Crippen LogP) is 1.44. The molecule has 0 radical (unpaired) electrons. The van der Waals surface area contributed by atoms with Crippen LogP contribution in [0.5, 0.6) is 0 Å². The molecule has 3 N–H and O–H groups in total. The molecule has 0 aromatic carbocycles. The van der Waals surface area contributed by atoms with E-state index in [9.17, 15) is 9.59 Å². The topological polar surface area (TPSA) is 100 Å². The summed E-state index contributed by atoms with van der Waals surface area (Å²) in [5.74, 6) is -0.340. The summed E-state index contributed by atoms with van der Waals surface area (Å²) in [6, 6.07) is -0.100. The SMILES string of the molecule is COC1CCN(CC(=O)NC2=CNC(C)C(NC(=O)c3cnn4cc(Br)sc34)=C2)C1. The van der Waals surface area contributed by atoms with E-state index in [0.717, 1.165) is 28.1 Å². The molecule has 0 spiro atoms. The summed E-state index contributed by atoms with van der Waals surface area (Å²) in [4.78, 5) is 28.0. The number of amides is 2. The van der Waals surface area contributed by atoms with Crippen molar-refractivity contribution in [1.29, 1.82) is 0 Å². The molecule has 0 saturated carbocycles. The first-order valence-electron chi connectivity index (χ1n) is 9.59. The van der Waals surface area contributed by atoms with Gasteiger partial charge in [-0.05, 0) is 35.4 Å². The van der Waals surface area contributed by atoms with Gasteiger partial charge in [0.15, 0.2) is 0 Å². The van der Waals surface area contributed by atoms with E-state index in [2.05, 4.69) is 41.9 Å². The van der Waals surface area contributed by atoms with Gasteiger partial charge in [-0.1, -0.05) is 0 Å². The number of rotatable bonds is 6. The lowest BCUT2D eigenvalue weighted by atomic mass is 10.1. The van der Waals surface area contributed by atoms with Crippen molar-refractivity contribution in [3.05, 3.63) is 45.4 Å². The van der Waals surface area contributed by atoms with E-state index in [1.807, 2.05) is 13.1 Å². The lowest BCUT2D eigenvalue weighted by Gasteiger charge is -2.23. The zero-order valence-corrected chi connectivity index (χ0v) is 19.0. The van der Waals surface area contributed by atoms with E-state index in [-0.39, 0.29) is 24.0 Å². The molecule has 4 heterocycles. The number of nitrogens with one attached hydrogen (secondary N) is 3. The molecular formula is C19H23BrN6O3S. The maximum atomic E-state index is 12.8. The molecule has 1 fully saturated rings. The zero-order valence-electron chi connectivity index (χ0n) is 16.6. The summed E-state index contributed by atoms with van der Waals surface area (Å²) in [6.07, 6.45) is 8.02. The smallest absolute Gasteiger partial charge is 0.260 e. The van der Waals surface area contributed by atoms with Crippen LogP contribution in [0.3, 0.4) is 0 Å². The molecule has 160 valence electrons. The molecule has 2 aliphatic rings. The molecule has 0 aliphatic carbocycles. The van der Waals surface area contributed by atoms with E-state index in [4.69, 9.17) is 4.74 Å². The fourth-order valence-electron chi connectivity index (χ4n) is 3.51. The Morgan fingerprint density at radius 3 is 3.03 bits per heavy atom. The average molecular weight is 495 g/mol. The number of nitrogens with zero attached hydrogens (tertiary/aromatic N) is 3. The van der Waals surface area contributed by atoms with Crippen molar-refractivity contribution in [2.75, 3.05) is 26.7 Å². The number of allylic oxidation sites excluding steroid dienone is 1. The molecule has 1 saturated heterocycles. The first-order chi connectivity index (χ1) is 14.4. The van der Waals surface area contributed by atoms with Gasteiger partial charge in [-0.3, -0.25) is 14.5 Å². The number of hydrogen-bond acceptors (Lipinski definition) is 7. The second-order valence-corrected chi connectivity index (χ2v) is 9.72. The van der Waals surface area contributed by atoms with Gasteiger partial charge < -0.3 is 20.7 Å². The van der Waals surface area contributed by atoms with Crippen molar-refractivity contribution < 1.29 is 14.3 Å². The standard InChI is InChI=1S/C19H23BrN6O3S/c1-11-15(24-18(28)14-7-22-26-9-16(20)30-19(14)26)5-12(6-21-11)23-17(27)10-25-4-3-13(8-25)29-2/h5-7,9,11,13,21H,3-4,8,10H2,1-2H3,(H,23,27)(H,24,28). The van der Waals surface area contributed by atoms with E-state index in [0.29, 0.717) is 23.5 Å². The number of ether oxygens (including phenoxy) is 1. The Hall–Kier alpha value is -2.21. The van der Waals surface area contributed by atoms with Crippen molar-refractivity contribution in [2.45, 2.75) is 25.5 Å². The quantitative estimate of drug-likeness (QED) is 0.561. The number of methoxy groups -OCH3 is 1. The summed E-state index contributed by atoms with van der Waals surface area (Å²) in [6.45, 7) is 3.85. The van der Waals surface area contributed by atoms with Crippen LogP contribution in [0.15, 0.2) is 39.9 Å². The van der Waals surface area contributed by atoms with Crippen LogP contribution in [0.1, 0.15) is 23.7 Å². The lowest BCUT2D eigenvalue weighted by molar-refractivity contribution is -0.121. The Morgan fingerprint density at radius 2 is 2.27 bits per heavy atom. The number of aromatic nitrogens is 2. The first-order valence-corrected chi connectivity index (χ1v) is 11.2. The molecule has 11 heteroatoms. The molecule has 9 nitrogen and oxygen atoms in total. The Balaban J connectivity index is 1.39. The number of carbonyl (C=O) groups is 2. The number of fused-ring (bicyclic) bond motifs is 1. The number of dihydropyridines is 1. The van der Waals surface area contributed by atoms with Crippen LogP contribution >= 0.6 is 27.3 Å². The highest BCUT2D eigenvalue weighted by molar-refractivity contribution is 9.11. The summed E-state index contributed by atoms with van der Waals surface area (Å²) >= 11 is 4.85. The van der Waals surface area contributed by atoms with Crippen molar-refractivity contribution in [2.24, 2.45) is 0 Å². The maximum Gasteiger partial charge on any atom is 0.260 e. The average Bonchev–Trinajstić information content (AvgIpc) is 3.39. The van der Waals surface area contributed by atoms with Crippen LogP contribution in [0.4, 0.5) is 0 Å². The minimum Gasteiger partial charge on any atom is -0.381 e. The van der Waals surface area contributed by atoms with Gasteiger partial charge in [0.05, 0.1) is 46.1 Å². The third kappa shape index (κ3) is 4.59. The highest BCUT2D eigenvalue weighted by Crippen LogP contribution is 2.26. The number of hydrogen-bond donors (Lipinski definition) is 3. The third-order valence-electron chi connectivity index (χ3n) is 5.15. The molecule has 2 aromatic heterocycles. The molecule has 2 amide bonds. The van der Waals surface area contributed by atoms with Gasteiger partial charge in [-0.15, -0.1) is 11.3 Å². The highest BCUT2D eigenvalue weighted by atomic mass is 79.9. The second-order valence-electron chi connectivity index (χ2n) is 7.31. The zero-order chi connectivity index (χ0) is 21.3. The minimum absolute atomic E-state index is 0.0990. The molecule has 0 bridgehead atoms. The number of thiazole rings is 1. The van der Waals surface area contributed by atoms with Crippen LogP contribution in [-0.2, 0) is 9.53 Å². The van der Waals surface area contributed by atoms with E-state index >= 15 is 0 Å². The van der Waals surface area contributed by atoms with E-state index in [1.165, 1.54) is 11.3 Å². The monoisotopic (exact) mass is 494 g/mol. The van der Waals surface area contributed by atoms with Crippen LogP contribution in [0.2, 0.25) is 0 Å². The summed E-state index contributed by atoms with van der Waals surface area (Å²) in [5.41, 5.74) is 1.78. The summed E-state index contributed by atoms with van der Waals surface area (Å²) in [7, 11) is 1.70. The summed E-state index contributed by atoms with van der Waals surface area (Å²) in [5, 5.41) is 13.2. The Labute approximate surface area is 186 Å². The molecule has 4 rings (SSSR count). The van der Waals surface area contributed by atoms with Crippen molar-refractivity contribution in [3.63, 3.8) is 0 Å². The third-order valence-corrected chi connectivity index (χ3v) is 6.74. The van der Waals surface area contributed by atoms with Crippen LogP contribution in [0.25, 0.3) is 4.83 Å². The van der Waals surface area contributed by atoms with Gasteiger partial charge in [0.2, 0.25) is 5.91 Å². The van der Waals surface area contributed by atoms with Crippen molar-refractivity contribution >= 4 is 43.9 Å². The Kier molecular flexibility index (Phi) is 6.23. The lowest BCUT2D eigenvalue weighted by Crippen LogP contribution is -2.40. The largest absolute Gasteiger partial charge is 0.381 e. The molecular weight excluding hydrogens is 472 g/mol. The molecule has 30 heavy (non-hydrogen) atoms. The van der Waals surface area contributed by atoms with Gasteiger partial charge >= 0.3 is 0 Å². The van der Waals surface area contributed by atoms with Crippen LogP contribution in [-0.4, -0.2) is 65.2 Å². The first kappa shape index (κ1) is 21.0. The maximum absolute atomic E-state index is 12.8. The van der Waals surface area contributed by atoms with Gasteiger partial charge in [-0.25, -0.2) is 4.52 Å². The van der Waals surface area contributed by atoms with Crippen molar-refractivity contribution in [1.82, 2.24) is 30.5 Å². The van der Waals surface area contributed by atoms with Gasteiger partial charge in [0.1, 0.15) is 4.83 Å². The summed E-state index contributed by atoms with van der Waals surface area (Å²) < 4.78 is 7.90. The minimum atomic E-state index is -0.241. The Bertz CT molecular complexity index is 1030. The molecule has 2 atom stereocenters. The van der Waals surface area contributed by atoms with E-state index in [1.54, 1.807) is 30.1 Å². The normalized spacial score (nSPS) is 21.8. The fraction of sp³-hybridized carbons (Fsp3) is 0.421. The van der Waals surface area contributed by atoms with Gasteiger partial charge in [0, 0.05) is 32.1 Å². The van der Waals surface area contributed by atoms with Crippen molar-refractivity contribution in [3.8, 4) is 0 Å². The van der Waals surface area contributed by atoms with Gasteiger partial charge in [0.25, 0.3) is 5.91 Å². The predicted molar refractivity (Wildman–Crippen MR) is 117 cm³/mol. The van der Waals surface area contributed by atoms with Crippen LogP contribution < -0.4 is 16.0 Å².